The fraction of sp³-hybridized carbons (Fsp3) is 0.429. The summed E-state index contributed by atoms with van der Waals surface area (Å²) in [5.41, 5.74) is 0.441. The van der Waals surface area contributed by atoms with Crippen LogP contribution in [0.4, 0.5) is 0 Å². The van der Waals surface area contributed by atoms with Gasteiger partial charge in [0.25, 0.3) is 0 Å². The van der Waals surface area contributed by atoms with Gasteiger partial charge in [-0.2, -0.15) is 11.8 Å². The van der Waals surface area contributed by atoms with Crippen molar-refractivity contribution in [3.8, 4) is 5.75 Å². The summed E-state index contributed by atoms with van der Waals surface area (Å²) in [6, 6.07) is 4.37. The zero-order valence-electron chi connectivity index (χ0n) is 11.3. The third-order valence-corrected chi connectivity index (χ3v) is 3.47. The maximum atomic E-state index is 12.1. The highest BCUT2D eigenvalue weighted by Crippen LogP contribution is 2.23. The number of carboxylic acids is 1. The molecule has 0 spiro atoms. The zero-order chi connectivity index (χ0) is 14.4. The van der Waals surface area contributed by atoms with Crippen LogP contribution in [-0.2, 0) is 0 Å². The van der Waals surface area contributed by atoms with Crippen molar-refractivity contribution in [3.05, 3.63) is 29.3 Å². The summed E-state index contributed by atoms with van der Waals surface area (Å²) in [6.07, 6.45) is 0. The molecule has 0 saturated heterocycles. The van der Waals surface area contributed by atoms with E-state index in [9.17, 15) is 9.59 Å². The number of carbonyl (C=O) groups excluding carboxylic acids is 1. The van der Waals surface area contributed by atoms with E-state index in [1.807, 2.05) is 20.8 Å². The maximum absolute atomic E-state index is 12.1. The fourth-order valence-corrected chi connectivity index (χ4v) is 2.12. The molecule has 4 nitrogen and oxygen atoms in total. The van der Waals surface area contributed by atoms with Gasteiger partial charge in [-0.3, -0.25) is 4.79 Å². The monoisotopic (exact) mass is 282 g/mol. The van der Waals surface area contributed by atoms with Gasteiger partial charge in [0.15, 0.2) is 5.78 Å². The average molecular weight is 282 g/mol. The lowest BCUT2D eigenvalue weighted by Crippen LogP contribution is -2.10. The van der Waals surface area contributed by atoms with Gasteiger partial charge in [0, 0.05) is 0 Å². The van der Waals surface area contributed by atoms with Crippen LogP contribution in [0.1, 0.15) is 41.5 Å². The molecule has 0 bridgehead atoms. The van der Waals surface area contributed by atoms with Crippen LogP contribution in [-0.4, -0.2) is 34.5 Å². The quantitative estimate of drug-likeness (QED) is 0.778. The number of rotatable bonds is 7. The Morgan fingerprint density at radius 3 is 2.58 bits per heavy atom. The highest BCUT2D eigenvalue weighted by Gasteiger charge is 2.16. The van der Waals surface area contributed by atoms with Crippen LogP contribution in [0.15, 0.2) is 18.2 Å². The number of hydrogen-bond acceptors (Lipinski definition) is 4. The summed E-state index contributed by atoms with van der Waals surface area (Å²) < 4.78 is 5.38. The zero-order valence-corrected chi connectivity index (χ0v) is 12.1. The first kappa shape index (κ1) is 15.6. The van der Waals surface area contributed by atoms with Gasteiger partial charge in [-0.15, -0.1) is 0 Å². The largest absolute Gasteiger partial charge is 0.493 e. The third kappa shape index (κ3) is 4.59. The summed E-state index contributed by atoms with van der Waals surface area (Å²) in [7, 11) is 0. The molecule has 0 amide bonds. The Morgan fingerprint density at radius 2 is 2.05 bits per heavy atom. The van der Waals surface area contributed by atoms with Crippen molar-refractivity contribution in [2.24, 2.45) is 0 Å². The highest BCUT2D eigenvalue weighted by atomic mass is 32.2. The van der Waals surface area contributed by atoms with Crippen LogP contribution >= 0.6 is 11.8 Å². The molecule has 1 aromatic rings. The number of benzene rings is 1. The van der Waals surface area contributed by atoms with E-state index in [-0.39, 0.29) is 11.3 Å². The van der Waals surface area contributed by atoms with Crippen molar-refractivity contribution in [2.75, 3.05) is 12.4 Å². The Kier molecular flexibility index (Phi) is 5.89. The second-order valence-electron chi connectivity index (χ2n) is 4.23. The molecule has 0 aromatic heterocycles. The van der Waals surface area contributed by atoms with E-state index in [0.717, 1.165) is 0 Å². The average Bonchev–Trinajstić information content (AvgIpc) is 2.36. The second-order valence-corrected chi connectivity index (χ2v) is 5.80. The molecule has 1 N–H and O–H groups in total. The predicted molar refractivity (Wildman–Crippen MR) is 76.5 cm³/mol. The topological polar surface area (TPSA) is 63.6 Å². The van der Waals surface area contributed by atoms with E-state index in [0.29, 0.717) is 28.9 Å². The van der Waals surface area contributed by atoms with E-state index >= 15 is 0 Å². The van der Waals surface area contributed by atoms with Gasteiger partial charge in [0.1, 0.15) is 5.75 Å². The van der Waals surface area contributed by atoms with Gasteiger partial charge in [-0.25, -0.2) is 4.79 Å². The minimum atomic E-state index is -1.05. The fourth-order valence-electron chi connectivity index (χ4n) is 1.48. The van der Waals surface area contributed by atoms with Crippen molar-refractivity contribution in [3.63, 3.8) is 0 Å². The van der Waals surface area contributed by atoms with E-state index in [1.165, 1.54) is 23.9 Å². The number of hydrogen-bond donors (Lipinski definition) is 1. The van der Waals surface area contributed by atoms with E-state index < -0.39 is 5.97 Å². The second kappa shape index (κ2) is 7.19. The van der Waals surface area contributed by atoms with Gasteiger partial charge in [-0.05, 0) is 30.4 Å². The molecule has 0 aliphatic rings. The van der Waals surface area contributed by atoms with Gasteiger partial charge in [-0.1, -0.05) is 13.8 Å². The summed E-state index contributed by atoms with van der Waals surface area (Å²) in [6.45, 7) is 6.27. The van der Waals surface area contributed by atoms with E-state index in [4.69, 9.17) is 9.84 Å². The number of aromatic carboxylic acids is 1. The lowest BCUT2D eigenvalue weighted by Gasteiger charge is -2.11. The smallest absolute Gasteiger partial charge is 0.335 e. The first-order valence-corrected chi connectivity index (χ1v) is 7.15. The summed E-state index contributed by atoms with van der Waals surface area (Å²) in [5.74, 6) is -0.387. The summed E-state index contributed by atoms with van der Waals surface area (Å²) in [5, 5.41) is 9.32. The maximum Gasteiger partial charge on any atom is 0.335 e. The van der Waals surface area contributed by atoms with Gasteiger partial charge < -0.3 is 9.84 Å². The lowest BCUT2D eigenvalue weighted by atomic mass is 10.1. The van der Waals surface area contributed by atoms with Crippen LogP contribution < -0.4 is 4.74 Å². The molecular formula is C14H18O4S. The first-order valence-electron chi connectivity index (χ1n) is 6.10. The number of carbonyl (C=O) groups is 2. The predicted octanol–water partition coefficient (Wildman–Crippen LogP) is 3.11. The van der Waals surface area contributed by atoms with Gasteiger partial charge in [0.05, 0.1) is 23.5 Å². The molecule has 104 valence electrons. The highest BCUT2D eigenvalue weighted by molar-refractivity contribution is 8.00. The molecule has 1 rings (SSSR count). The van der Waals surface area contributed by atoms with E-state index in [2.05, 4.69) is 0 Å². The molecule has 0 aliphatic carbocycles. The molecule has 1 aromatic carbocycles. The molecule has 0 heterocycles. The Hall–Kier alpha value is -1.49. The van der Waals surface area contributed by atoms with Gasteiger partial charge in [0.2, 0.25) is 0 Å². The molecule has 0 fully saturated rings. The Balaban J connectivity index is 3.02. The molecule has 5 heteroatoms. The molecule has 0 radical (unpaired) electrons. The normalized spacial score (nSPS) is 10.5. The first-order chi connectivity index (χ1) is 8.95. The van der Waals surface area contributed by atoms with Crippen LogP contribution in [0.3, 0.4) is 0 Å². The molecule has 19 heavy (non-hydrogen) atoms. The van der Waals surface area contributed by atoms with Crippen molar-refractivity contribution >= 4 is 23.5 Å². The molecule has 0 saturated carbocycles. The van der Waals surface area contributed by atoms with Crippen LogP contribution in [0.5, 0.6) is 5.75 Å². The molecular weight excluding hydrogens is 264 g/mol. The molecule has 0 aliphatic heterocycles. The van der Waals surface area contributed by atoms with Crippen molar-refractivity contribution in [1.29, 1.82) is 0 Å². The number of thioether (sulfide) groups is 1. The van der Waals surface area contributed by atoms with Crippen LogP contribution in [0, 0.1) is 0 Å². The lowest BCUT2D eigenvalue weighted by molar-refractivity contribution is 0.0697. The SMILES string of the molecule is CCOc1ccc(C(=O)O)cc1C(=O)CSC(C)C. The number of ether oxygens (including phenoxy) is 1. The number of Topliss-reactive ketones (excluding diaryl/α,β-unsaturated/α-hetero) is 1. The van der Waals surface area contributed by atoms with E-state index in [1.54, 1.807) is 6.07 Å². The summed E-state index contributed by atoms with van der Waals surface area (Å²) in [4.78, 5) is 23.1. The molecule has 0 atom stereocenters. The number of ketones is 1. The van der Waals surface area contributed by atoms with Crippen LogP contribution in [0.25, 0.3) is 0 Å². The Labute approximate surface area is 117 Å². The van der Waals surface area contributed by atoms with Crippen molar-refractivity contribution in [1.82, 2.24) is 0 Å². The molecule has 0 unspecified atom stereocenters. The van der Waals surface area contributed by atoms with Crippen molar-refractivity contribution in [2.45, 2.75) is 26.0 Å². The third-order valence-electron chi connectivity index (χ3n) is 2.37. The number of carboxylic acid groups (broad SMARTS) is 1. The summed E-state index contributed by atoms with van der Waals surface area (Å²) >= 11 is 1.52. The Morgan fingerprint density at radius 1 is 1.37 bits per heavy atom. The standard InChI is InChI=1S/C14H18O4S/c1-4-18-13-6-5-10(14(16)17)7-11(13)12(15)8-19-9(2)3/h5-7,9H,4,8H2,1-3H3,(H,16,17). The van der Waals surface area contributed by atoms with Gasteiger partial charge >= 0.3 is 5.97 Å². The minimum Gasteiger partial charge on any atom is -0.493 e. The van der Waals surface area contributed by atoms with Crippen LogP contribution in [0.2, 0.25) is 0 Å². The van der Waals surface area contributed by atoms with Crippen molar-refractivity contribution < 1.29 is 19.4 Å². The Bertz CT molecular complexity index is 469. The minimum absolute atomic E-state index is 0.0985.